The van der Waals surface area contributed by atoms with E-state index in [4.69, 9.17) is 0 Å². The second-order valence-corrected chi connectivity index (χ2v) is 7.39. The van der Waals surface area contributed by atoms with Crippen molar-refractivity contribution in [2.45, 2.75) is 6.10 Å². The summed E-state index contributed by atoms with van der Waals surface area (Å²) < 4.78 is 0. The van der Waals surface area contributed by atoms with Gasteiger partial charge in [-0.2, -0.15) is 0 Å². The van der Waals surface area contributed by atoms with Gasteiger partial charge in [0.1, 0.15) is 6.10 Å². The molecule has 0 fully saturated rings. The Labute approximate surface area is 134 Å². The molecule has 0 saturated carbocycles. The van der Waals surface area contributed by atoms with Crippen LogP contribution in [0.3, 0.4) is 0 Å². The van der Waals surface area contributed by atoms with E-state index in [1.165, 1.54) is 16.2 Å². The minimum absolute atomic E-state index is 0.140. The number of thiophene rings is 3. The summed E-state index contributed by atoms with van der Waals surface area (Å²) in [6, 6.07) is 11.6. The third kappa shape index (κ3) is 3.41. The standard InChI is InChI=1S/C15H13NO2S3/c17-10(9-16-15(18)14-4-2-8-20-14)11-5-6-13(21-11)12-3-1-7-19-12/h1-8,10,17H,9H2,(H,16,18)/t10-/m0/s1. The van der Waals surface area contributed by atoms with Gasteiger partial charge in [-0.3, -0.25) is 4.79 Å². The van der Waals surface area contributed by atoms with E-state index in [-0.39, 0.29) is 12.5 Å². The van der Waals surface area contributed by atoms with Crippen LogP contribution in [0.5, 0.6) is 0 Å². The molecule has 3 aromatic rings. The molecule has 108 valence electrons. The fourth-order valence-electron chi connectivity index (χ4n) is 1.87. The lowest BCUT2D eigenvalue weighted by molar-refractivity contribution is 0.0922. The van der Waals surface area contributed by atoms with Crippen molar-refractivity contribution in [2.24, 2.45) is 0 Å². The van der Waals surface area contributed by atoms with Crippen molar-refractivity contribution in [2.75, 3.05) is 6.54 Å². The summed E-state index contributed by atoms with van der Waals surface area (Å²) in [5.74, 6) is -0.140. The lowest BCUT2D eigenvalue weighted by Crippen LogP contribution is -2.27. The van der Waals surface area contributed by atoms with Crippen LogP contribution in [0.2, 0.25) is 0 Å². The Morgan fingerprint density at radius 3 is 2.62 bits per heavy atom. The summed E-state index contributed by atoms with van der Waals surface area (Å²) in [4.78, 5) is 15.7. The molecular weight excluding hydrogens is 322 g/mol. The summed E-state index contributed by atoms with van der Waals surface area (Å²) >= 11 is 4.63. The van der Waals surface area contributed by atoms with Gasteiger partial charge < -0.3 is 10.4 Å². The number of rotatable bonds is 5. The Balaban J connectivity index is 1.61. The molecule has 0 spiro atoms. The van der Waals surface area contributed by atoms with Gasteiger partial charge in [-0.15, -0.1) is 34.0 Å². The Kier molecular flexibility index (Phi) is 4.50. The molecule has 21 heavy (non-hydrogen) atoms. The second kappa shape index (κ2) is 6.53. The number of nitrogens with one attached hydrogen (secondary N) is 1. The summed E-state index contributed by atoms with van der Waals surface area (Å²) in [7, 11) is 0. The molecule has 3 rings (SSSR count). The quantitative estimate of drug-likeness (QED) is 0.740. The molecule has 6 heteroatoms. The molecule has 0 aliphatic rings. The Morgan fingerprint density at radius 1 is 1.10 bits per heavy atom. The number of carbonyl (C=O) groups excluding carboxylic acids is 1. The maximum atomic E-state index is 11.8. The van der Waals surface area contributed by atoms with Crippen LogP contribution in [0.15, 0.2) is 47.2 Å². The highest BCUT2D eigenvalue weighted by molar-refractivity contribution is 7.21. The summed E-state index contributed by atoms with van der Waals surface area (Å²) in [6.07, 6.45) is -0.673. The molecule has 0 aromatic carbocycles. The molecule has 1 amide bonds. The molecule has 1 atom stereocenters. The third-order valence-corrected chi connectivity index (χ3v) is 6.04. The minimum atomic E-state index is -0.673. The van der Waals surface area contributed by atoms with E-state index in [1.807, 2.05) is 35.0 Å². The highest BCUT2D eigenvalue weighted by Gasteiger charge is 2.14. The number of hydrogen-bond acceptors (Lipinski definition) is 5. The van der Waals surface area contributed by atoms with Crippen LogP contribution in [0, 0.1) is 0 Å². The molecule has 0 radical (unpaired) electrons. The lowest BCUT2D eigenvalue weighted by Gasteiger charge is -2.09. The van der Waals surface area contributed by atoms with Crippen LogP contribution in [-0.4, -0.2) is 17.6 Å². The second-order valence-electron chi connectivity index (χ2n) is 4.38. The first-order valence-electron chi connectivity index (χ1n) is 6.37. The topological polar surface area (TPSA) is 49.3 Å². The van der Waals surface area contributed by atoms with Gasteiger partial charge in [0.2, 0.25) is 0 Å². The van der Waals surface area contributed by atoms with Crippen LogP contribution in [0.4, 0.5) is 0 Å². The first kappa shape index (κ1) is 14.5. The van der Waals surface area contributed by atoms with Gasteiger partial charge in [-0.1, -0.05) is 12.1 Å². The van der Waals surface area contributed by atoms with Crippen molar-refractivity contribution >= 4 is 39.9 Å². The maximum Gasteiger partial charge on any atom is 0.261 e. The summed E-state index contributed by atoms with van der Waals surface area (Å²) in [5, 5.41) is 16.8. The zero-order chi connectivity index (χ0) is 14.7. The molecule has 0 bridgehead atoms. The zero-order valence-electron chi connectivity index (χ0n) is 11.0. The average molecular weight is 335 g/mol. The summed E-state index contributed by atoms with van der Waals surface area (Å²) in [5.41, 5.74) is 0. The predicted molar refractivity (Wildman–Crippen MR) is 89.2 cm³/mol. The third-order valence-electron chi connectivity index (χ3n) is 2.92. The zero-order valence-corrected chi connectivity index (χ0v) is 13.4. The van der Waals surface area contributed by atoms with Crippen molar-refractivity contribution in [3.8, 4) is 9.75 Å². The van der Waals surface area contributed by atoms with Gasteiger partial charge in [0.15, 0.2) is 0 Å². The fraction of sp³-hybridized carbons (Fsp3) is 0.133. The number of aliphatic hydroxyl groups excluding tert-OH is 1. The van der Waals surface area contributed by atoms with Crippen molar-refractivity contribution in [1.29, 1.82) is 0 Å². The van der Waals surface area contributed by atoms with E-state index >= 15 is 0 Å². The smallest absolute Gasteiger partial charge is 0.261 e. The van der Waals surface area contributed by atoms with Gasteiger partial charge in [-0.05, 0) is 35.0 Å². The van der Waals surface area contributed by atoms with E-state index in [2.05, 4.69) is 11.4 Å². The van der Waals surface area contributed by atoms with Crippen LogP contribution in [0.1, 0.15) is 20.7 Å². The lowest BCUT2D eigenvalue weighted by atomic mass is 10.3. The van der Waals surface area contributed by atoms with Gasteiger partial charge in [-0.25, -0.2) is 0 Å². The van der Waals surface area contributed by atoms with Crippen molar-refractivity contribution in [3.63, 3.8) is 0 Å². The van der Waals surface area contributed by atoms with Gasteiger partial charge in [0, 0.05) is 21.2 Å². The number of aliphatic hydroxyl groups is 1. The van der Waals surface area contributed by atoms with Crippen molar-refractivity contribution in [1.82, 2.24) is 5.32 Å². The summed E-state index contributed by atoms with van der Waals surface area (Å²) in [6.45, 7) is 0.223. The van der Waals surface area contributed by atoms with E-state index in [9.17, 15) is 9.90 Å². The monoisotopic (exact) mass is 335 g/mol. The average Bonchev–Trinajstić information content (AvgIpc) is 3.25. The largest absolute Gasteiger partial charge is 0.386 e. The molecule has 0 aliphatic heterocycles. The number of amides is 1. The number of hydrogen-bond donors (Lipinski definition) is 2. The van der Waals surface area contributed by atoms with E-state index in [0.717, 1.165) is 9.75 Å². The van der Waals surface area contributed by atoms with Crippen molar-refractivity contribution in [3.05, 3.63) is 56.9 Å². The molecule has 3 heterocycles. The van der Waals surface area contributed by atoms with Crippen LogP contribution in [-0.2, 0) is 0 Å². The highest BCUT2D eigenvalue weighted by Crippen LogP contribution is 2.33. The Hall–Kier alpha value is -1.47. The van der Waals surface area contributed by atoms with Crippen LogP contribution in [0.25, 0.3) is 9.75 Å². The number of carbonyl (C=O) groups is 1. The molecule has 3 aromatic heterocycles. The Morgan fingerprint density at radius 2 is 1.90 bits per heavy atom. The molecule has 0 saturated heterocycles. The first-order valence-corrected chi connectivity index (χ1v) is 8.95. The highest BCUT2D eigenvalue weighted by atomic mass is 32.1. The van der Waals surface area contributed by atoms with Crippen LogP contribution >= 0.6 is 34.0 Å². The van der Waals surface area contributed by atoms with E-state index in [0.29, 0.717) is 4.88 Å². The normalized spacial score (nSPS) is 12.2. The van der Waals surface area contributed by atoms with E-state index < -0.39 is 6.10 Å². The van der Waals surface area contributed by atoms with Crippen molar-refractivity contribution < 1.29 is 9.90 Å². The fourth-order valence-corrected chi connectivity index (χ4v) is 4.34. The predicted octanol–water partition coefficient (Wildman–Crippen LogP) is 4.00. The molecule has 0 unspecified atom stereocenters. The molecule has 0 aliphatic carbocycles. The SMILES string of the molecule is O=C(NC[C@H](O)c1ccc(-c2cccs2)s1)c1cccs1. The van der Waals surface area contributed by atoms with E-state index in [1.54, 1.807) is 28.7 Å². The van der Waals surface area contributed by atoms with Gasteiger partial charge in [0.05, 0.1) is 4.88 Å². The molecule has 3 nitrogen and oxygen atoms in total. The van der Waals surface area contributed by atoms with Gasteiger partial charge in [0.25, 0.3) is 5.91 Å². The first-order chi connectivity index (χ1) is 10.2. The van der Waals surface area contributed by atoms with Gasteiger partial charge >= 0.3 is 0 Å². The van der Waals surface area contributed by atoms with Crippen LogP contribution < -0.4 is 5.32 Å². The molecule has 2 N–H and O–H groups in total. The minimum Gasteiger partial charge on any atom is -0.386 e. The molecular formula is C15H13NO2S3. The maximum absolute atomic E-state index is 11.8. The Bertz CT molecular complexity index is 701.